The van der Waals surface area contributed by atoms with Crippen molar-refractivity contribution in [1.29, 1.82) is 0 Å². The standard InChI is InChI=1S/C18H22ClNO2/c1-13(2)22-18-9-8-16(19)10-15(18)12-20-11-14-6-4-5-7-17(14)21-3/h4-10,13,20H,11-12H2,1-3H3. The first-order valence-corrected chi connectivity index (χ1v) is 7.75. The number of rotatable bonds is 7. The zero-order valence-corrected chi connectivity index (χ0v) is 14.0. The van der Waals surface area contributed by atoms with Crippen molar-refractivity contribution in [2.45, 2.75) is 33.0 Å². The molecule has 4 heteroatoms. The van der Waals surface area contributed by atoms with E-state index in [2.05, 4.69) is 11.4 Å². The second kappa shape index (κ2) is 8.06. The Hall–Kier alpha value is -1.71. The Morgan fingerprint density at radius 1 is 1.00 bits per heavy atom. The third-order valence-corrected chi connectivity index (χ3v) is 3.44. The highest BCUT2D eigenvalue weighted by Crippen LogP contribution is 2.24. The van der Waals surface area contributed by atoms with Crippen LogP contribution in [-0.2, 0) is 13.1 Å². The van der Waals surface area contributed by atoms with Crippen molar-refractivity contribution in [3.63, 3.8) is 0 Å². The third kappa shape index (κ3) is 4.65. The summed E-state index contributed by atoms with van der Waals surface area (Å²) in [4.78, 5) is 0. The summed E-state index contributed by atoms with van der Waals surface area (Å²) < 4.78 is 11.2. The lowest BCUT2D eigenvalue weighted by Gasteiger charge is -2.15. The number of para-hydroxylation sites is 1. The van der Waals surface area contributed by atoms with E-state index in [4.69, 9.17) is 21.1 Å². The van der Waals surface area contributed by atoms with Crippen LogP contribution in [0.1, 0.15) is 25.0 Å². The molecule has 0 amide bonds. The summed E-state index contributed by atoms with van der Waals surface area (Å²) in [7, 11) is 1.68. The molecule has 0 aliphatic carbocycles. The zero-order chi connectivity index (χ0) is 15.9. The SMILES string of the molecule is COc1ccccc1CNCc1cc(Cl)ccc1OC(C)C. The van der Waals surface area contributed by atoms with Gasteiger partial charge in [0.25, 0.3) is 0 Å². The van der Waals surface area contributed by atoms with Gasteiger partial charge >= 0.3 is 0 Å². The molecule has 0 fully saturated rings. The Morgan fingerprint density at radius 2 is 1.73 bits per heavy atom. The van der Waals surface area contributed by atoms with Crippen molar-refractivity contribution in [3.8, 4) is 11.5 Å². The monoisotopic (exact) mass is 319 g/mol. The molecule has 2 aromatic carbocycles. The Labute approximate surface area is 137 Å². The average Bonchev–Trinajstić information content (AvgIpc) is 2.50. The molecule has 0 saturated heterocycles. The van der Waals surface area contributed by atoms with Crippen LogP contribution in [0.3, 0.4) is 0 Å². The lowest BCUT2D eigenvalue weighted by Crippen LogP contribution is -2.15. The lowest BCUT2D eigenvalue weighted by molar-refractivity contribution is 0.239. The van der Waals surface area contributed by atoms with Gasteiger partial charge in [-0.2, -0.15) is 0 Å². The van der Waals surface area contributed by atoms with Crippen LogP contribution in [0.4, 0.5) is 0 Å². The quantitative estimate of drug-likeness (QED) is 0.819. The molecule has 0 unspecified atom stereocenters. The van der Waals surface area contributed by atoms with E-state index in [9.17, 15) is 0 Å². The topological polar surface area (TPSA) is 30.5 Å². The largest absolute Gasteiger partial charge is 0.496 e. The van der Waals surface area contributed by atoms with Crippen molar-refractivity contribution in [2.75, 3.05) is 7.11 Å². The molecule has 118 valence electrons. The predicted octanol–water partition coefficient (Wildman–Crippen LogP) is 4.43. The number of benzene rings is 2. The summed E-state index contributed by atoms with van der Waals surface area (Å²) in [6.45, 7) is 5.43. The molecular weight excluding hydrogens is 298 g/mol. The first kappa shape index (κ1) is 16.7. The number of hydrogen-bond donors (Lipinski definition) is 1. The van der Waals surface area contributed by atoms with Gasteiger partial charge in [-0.1, -0.05) is 29.8 Å². The van der Waals surface area contributed by atoms with E-state index in [-0.39, 0.29) is 6.10 Å². The summed E-state index contributed by atoms with van der Waals surface area (Å²) in [5, 5.41) is 4.13. The molecule has 0 aliphatic rings. The van der Waals surface area contributed by atoms with E-state index in [1.54, 1.807) is 7.11 Å². The number of ether oxygens (including phenoxy) is 2. The fourth-order valence-electron chi connectivity index (χ4n) is 2.24. The number of methoxy groups -OCH3 is 1. The average molecular weight is 320 g/mol. The maximum atomic E-state index is 6.09. The summed E-state index contributed by atoms with van der Waals surface area (Å²) in [5.74, 6) is 1.76. The minimum absolute atomic E-state index is 0.133. The van der Waals surface area contributed by atoms with Crippen molar-refractivity contribution in [3.05, 3.63) is 58.6 Å². The summed E-state index contributed by atoms with van der Waals surface area (Å²) in [5.41, 5.74) is 2.18. The third-order valence-electron chi connectivity index (χ3n) is 3.21. The van der Waals surface area contributed by atoms with Gasteiger partial charge in [-0.3, -0.25) is 0 Å². The van der Waals surface area contributed by atoms with Crippen LogP contribution in [0.5, 0.6) is 11.5 Å². The molecule has 3 nitrogen and oxygen atoms in total. The van der Waals surface area contributed by atoms with Crippen molar-refractivity contribution in [1.82, 2.24) is 5.32 Å². The van der Waals surface area contributed by atoms with Crippen molar-refractivity contribution < 1.29 is 9.47 Å². The van der Waals surface area contributed by atoms with Gasteiger partial charge in [0.2, 0.25) is 0 Å². The van der Waals surface area contributed by atoms with Gasteiger partial charge in [0, 0.05) is 29.2 Å². The van der Waals surface area contributed by atoms with Gasteiger partial charge in [-0.05, 0) is 38.1 Å². The Morgan fingerprint density at radius 3 is 2.45 bits per heavy atom. The van der Waals surface area contributed by atoms with Crippen LogP contribution >= 0.6 is 11.6 Å². The zero-order valence-electron chi connectivity index (χ0n) is 13.2. The molecule has 0 aliphatic heterocycles. The van der Waals surface area contributed by atoms with Crippen LogP contribution < -0.4 is 14.8 Å². The predicted molar refractivity (Wildman–Crippen MR) is 90.8 cm³/mol. The van der Waals surface area contributed by atoms with Crippen LogP contribution in [0.2, 0.25) is 5.02 Å². The van der Waals surface area contributed by atoms with Gasteiger partial charge in [-0.25, -0.2) is 0 Å². The van der Waals surface area contributed by atoms with Crippen molar-refractivity contribution in [2.24, 2.45) is 0 Å². The van der Waals surface area contributed by atoms with E-state index in [0.29, 0.717) is 11.6 Å². The second-order valence-corrected chi connectivity index (χ2v) is 5.77. The van der Waals surface area contributed by atoms with E-state index in [1.165, 1.54) is 0 Å². The first-order valence-electron chi connectivity index (χ1n) is 7.38. The summed E-state index contributed by atoms with van der Waals surface area (Å²) >= 11 is 6.09. The van der Waals surface area contributed by atoms with E-state index < -0.39 is 0 Å². The molecule has 1 N–H and O–H groups in total. The van der Waals surface area contributed by atoms with E-state index >= 15 is 0 Å². The summed E-state index contributed by atoms with van der Waals surface area (Å²) in [6, 6.07) is 13.7. The smallest absolute Gasteiger partial charge is 0.124 e. The molecule has 0 bridgehead atoms. The molecule has 2 rings (SSSR count). The molecule has 0 atom stereocenters. The molecule has 22 heavy (non-hydrogen) atoms. The Bertz CT molecular complexity index is 614. The highest BCUT2D eigenvalue weighted by molar-refractivity contribution is 6.30. The highest BCUT2D eigenvalue weighted by Gasteiger charge is 2.07. The second-order valence-electron chi connectivity index (χ2n) is 5.33. The molecular formula is C18H22ClNO2. The van der Waals surface area contributed by atoms with Crippen LogP contribution in [0.25, 0.3) is 0 Å². The van der Waals surface area contributed by atoms with Gasteiger partial charge in [0.15, 0.2) is 0 Å². The van der Waals surface area contributed by atoms with E-state index in [1.807, 2.05) is 50.2 Å². The van der Waals surface area contributed by atoms with Crippen LogP contribution in [-0.4, -0.2) is 13.2 Å². The Balaban J connectivity index is 2.03. The maximum Gasteiger partial charge on any atom is 0.124 e. The maximum absolute atomic E-state index is 6.09. The van der Waals surface area contributed by atoms with Gasteiger partial charge in [0.05, 0.1) is 13.2 Å². The normalized spacial score (nSPS) is 10.8. The van der Waals surface area contributed by atoms with E-state index in [0.717, 1.165) is 29.2 Å². The first-order chi connectivity index (χ1) is 10.6. The minimum atomic E-state index is 0.133. The minimum Gasteiger partial charge on any atom is -0.496 e. The molecule has 0 radical (unpaired) electrons. The number of halogens is 1. The number of hydrogen-bond acceptors (Lipinski definition) is 3. The van der Waals surface area contributed by atoms with Crippen LogP contribution in [0.15, 0.2) is 42.5 Å². The van der Waals surface area contributed by atoms with Gasteiger partial charge in [0.1, 0.15) is 11.5 Å². The molecule has 2 aromatic rings. The Kier molecular flexibility index (Phi) is 6.10. The fraction of sp³-hybridized carbons (Fsp3) is 0.333. The van der Waals surface area contributed by atoms with Gasteiger partial charge in [-0.15, -0.1) is 0 Å². The van der Waals surface area contributed by atoms with Crippen molar-refractivity contribution >= 4 is 11.6 Å². The van der Waals surface area contributed by atoms with Crippen LogP contribution in [0, 0.1) is 0 Å². The van der Waals surface area contributed by atoms with Gasteiger partial charge < -0.3 is 14.8 Å². The molecule has 0 aromatic heterocycles. The lowest BCUT2D eigenvalue weighted by atomic mass is 10.1. The number of nitrogens with one attached hydrogen (secondary N) is 1. The molecule has 0 heterocycles. The summed E-state index contributed by atoms with van der Waals surface area (Å²) in [6.07, 6.45) is 0.133. The highest BCUT2D eigenvalue weighted by atomic mass is 35.5. The fourth-order valence-corrected chi connectivity index (χ4v) is 2.43. The molecule has 0 spiro atoms. The molecule has 0 saturated carbocycles.